The number of amides is 2. The molecular formula is C14H24N4OS. The number of hydrogen-bond donors (Lipinski definition) is 1. The largest absolute Gasteiger partial charge is 0.338 e. The van der Waals surface area contributed by atoms with E-state index in [1.807, 2.05) is 5.01 Å². The van der Waals surface area contributed by atoms with Crippen LogP contribution in [-0.2, 0) is 0 Å². The summed E-state index contributed by atoms with van der Waals surface area (Å²) in [4.78, 5) is 17.0. The van der Waals surface area contributed by atoms with Crippen molar-refractivity contribution >= 4 is 23.0 Å². The van der Waals surface area contributed by atoms with Crippen LogP contribution in [0.3, 0.4) is 0 Å². The molecule has 0 bridgehead atoms. The zero-order chi connectivity index (χ0) is 13.8. The molecule has 1 N–H and O–H groups in total. The van der Waals surface area contributed by atoms with Crippen molar-refractivity contribution in [1.29, 1.82) is 0 Å². The summed E-state index contributed by atoms with van der Waals surface area (Å²) >= 11 is 1.65. The average molecular weight is 296 g/mol. The van der Waals surface area contributed by atoms with Gasteiger partial charge in [0.1, 0.15) is 0 Å². The highest BCUT2D eigenvalue weighted by Crippen LogP contribution is 2.26. The summed E-state index contributed by atoms with van der Waals surface area (Å²) in [5.74, 6) is 0.989. The van der Waals surface area contributed by atoms with Gasteiger partial charge in [0.15, 0.2) is 5.17 Å². The maximum Gasteiger partial charge on any atom is 0.338 e. The molecule has 0 aromatic rings. The third kappa shape index (κ3) is 3.28. The number of hydrogen-bond acceptors (Lipinski definition) is 4. The first kappa shape index (κ1) is 14.2. The molecule has 1 saturated carbocycles. The molecule has 0 atom stereocenters. The van der Waals surface area contributed by atoms with Gasteiger partial charge in [-0.25, -0.2) is 9.80 Å². The lowest BCUT2D eigenvalue weighted by molar-refractivity contribution is -0.0101. The van der Waals surface area contributed by atoms with Gasteiger partial charge in [0.25, 0.3) is 0 Å². The van der Waals surface area contributed by atoms with E-state index in [0.29, 0.717) is 6.04 Å². The van der Waals surface area contributed by atoms with E-state index in [9.17, 15) is 4.79 Å². The topological polar surface area (TPSA) is 47.9 Å². The smallest absolute Gasteiger partial charge is 0.286 e. The number of carbonyl (C=O) groups excluding carboxylic acids is 1. The second-order valence-electron chi connectivity index (χ2n) is 5.76. The van der Waals surface area contributed by atoms with E-state index >= 15 is 0 Å². The number of amidine groups is 1. The number of thioether (sulfide) groups is 1. The number of carbonyl (C=O) groups is 1. The molecule has 3 aliphatic rings. The minimum absolute atomic E-state index is 0.0342. The first-order valence-corrected chi connectivity index (χ1v) is 8.85. The zero-order valence-electron chi connectivity index (χ0n) is 12.0. The second kappa shape index (κ2) is 6.80. The molecule has 2 aliphatic heterocycles. The number of urea groups is 1. The number of hydrazine groups is 1. The van der Waals surface area contributed by atoms with Gasteiger partial charge in [0.2, 0.25) is 0 Å². The van der Waals surface area contributed by atoms with Gasteiger partial charge in [-0.15, -0.1) is 0 Å². The maximum atomic E-state index is 12.7. The highest BCUT2D eigenvalue weighted by Gasteiger charge is 2.32. The fourth-order valence-corrected chi connectivity index (χ4v) is 4.04. The molecular weight excluding hydrogens is 272 g/mol. The highest BCUT2D eigenvalue weighted by molar-refractivity contribution is 8.14. The van der Waals surface area contributed by atoms with Gasteiger partial charge in [0, 0.05) is 18.8 Å². The molecule has 3 rings (SSSR count). The van der Waals surface area contributed by atoms with Crippen molar-refractivity contribution in [3.63, 3.8) is 0 Å². The Morgan fingerprint density at radius 1 is 1.20 bits per heavy atom. The first-order valence-electron chi connectivity index (χ1n) is 7.87. The van der Waals surface area contributed by atoms with E-state index < -0.39 is 0 Å². The monoisotopic (exact) mass is 296 g/mol. The van der Waals surface area contributed by atoms with E-state index in [1.165, 1.54) is 32.1 Å². The average Bonchev–Trinajstić information content (AvgIpc) is 3.14. The Hall–Kier alpha value is -0.750. The van der Waals surface area contributed by atoms with Crippen LogP contribution in [0.25, 0.3) is 0 Å². The lowest BCUT2D eigenvalue weighted by Gasteiger charge is -2.39. The van der Waals surface area contributed by atoms with E-state index in [0.717, 1.165) is 43.4 Å². The van der Waals surface area contributed by atoms with Crippen LogP contribution in [0.4, 0.5) is 4.79 Å². The molecule has 20 heavy (non-hydrogen) atoms. The molecule has 2 fully saturated rings. The predicted octanol–water partition coefficient (Wildman–Crippen LogP) is 2.44. The van der Waals surface area contributed by atoms with Gasteiger partial charge in [-0.2, -0.15) is 0 Å². The van der Waals surface area contributed by atoms with Crippen molar-refractivity contribution in [2.24, 2.45) is 4.99 Å². The molecule has 2 amide bonds. The van der Waals surface area contributed by atoms with Crippen LogP contribution in [-0.4, -0.2) is 52.6 Å². The third-order valence-electron chi connectivity index (χ3n) is 4.32. The van der Waals surface area contributed by atoms with Crippen molar-refractivity contribution in [3.8, 4) is 0 Å². The molecule has 0 aromatic heterocycles. The maximum absolute atomic E-state index is 12.7. The van der Waals surface area contributed by atoms with E-state index in [1.54, 1.807) is 11.8 Å². The fourth-order valence-electron chi connectivity index (χ4n) is 3.33. The molecule has 6 heteroatoms. The highest BCUT2D eigenvalue weighted by atomic mass is 32.2. The zero-order valence-corrected chi connectivity index (χ0v) is 12.8. The van der Waals surface area contributed by atoms with Crippen molar-refractivity contribution in [2.45, 2.75) is 51.0 Å². The summed E-state index contributed by atoms with van der Waals surface area (Å²) in [6.07, 6.45) is 8.50. The molecule has 2 heterocycles. The van der Waals surface area contributed by atoms with Crippen LogP contribution < -0.4 is 5.32 Å². The van der Waals surface area contributed by atoms with Gasteiger partial charge in [-0.3, -0.25) is 15.3 Å². The lowest BCUT2D eigenvalue weighted by atomic mass is 9.95. The summed E-state index contributed by atoms with van der Waals surface area (Å²) in [5.41, 5.74) is 0. The Balaban J connectivity index is 1.67. The number of rotatable bonds is 2. The SMILES string of the molecule is O=C(NC1=NCCS1)N(C1CCCCC1)N1CCCC1. The Labute approximate surface area is 125 Å². The Bertz CT molecular complexity index is 375. The van der Waals surface area contributed by atoms with Crippen LogP contribution in [0.5, 0.6) is 0 Å². The van der Waals surface area contributed by atoms with Gasteiger partial charge in [-0.05, 0) is 25.7 Å². The minimum Gasteiger partial charge on any atom is -0.286 e. The minimum atomic E-state index is 0.0342. The molecule has 1 saturated heterocycles. The predicted molar refractivity (Wildman–Crippen MR) is 82.8 cm³/mol. The molecule has 0 radical (unpaired) electrons. The van der Waals surface area contributed by atoms with Crippen molar-refractivity contribution < 1.29 is 4.79 Å². The van der Waals surface area contributed by atoms with Crippen LogP contribution in [0.1, 0.15) is 44.9 Å². The molecule has 5 nitrogen and oxygen atoms in total. The van der Waals surface area contributed by atoms with Gasteiger partial charge in [0.05, 0.1) is 12.6 Å². The molecule has 0 spiro atoms. The van der Waals surface area contributed by atoms with Crippen LogP contribution in [0.2, 0.25) is 0 Å². The standard InChI is InChI=1S/C14H24N4OS/c19-14(16-13-15-8-11-20-13)18(17-9-4-5-10-17)12-6-2-1-3-7-12/h12H,1-11H2,(H,15,16,19). The van der Waals surface area contributed by atoms with Crippen molar-refractivity contribution in [3.05, 3.63) is 0 Å². The number of nitrogens with zero attached hydrogens (tertiary/aromatic N) is 3. The van der Waals surface area contributed by atoms with Crippen LogP contribution >= 0.6 is 11.8 Å². The quantitative estimate of drug-likeness (QED) is 0.851. The molecule has 0 aromatic carbocycles. The Morgan fingerprint density at radius 3 is 2.60 bits per heavy atom. The van der Waals surface area contributed by atoms with E-state index in [4.69, 9.17) is 0 Å². The van der Waals surface area contributed by atoms with E-state index in [2.05, 4.69) is 15.3 Å². The molecule has 0 unspecified atom stereocenters. The summed E-state index contributed by atoms with van der Waals surface area (Å²) in [7, 11) is 0. The summed E-state index contributed by atoms with van der Waals surface area (Å²) in [5, 5.41) is 8.09. The fraction of sp³-hybridized carbons (Fsp3) is 0.857. The van der Waals surface area contributed by atoms with Gasteiger partial charge in [-0.1, -0.05) is 31.0 Å². The van der Waals surface area contributed by atoms with Crippen molar-refractivity contribution in [2.75, 3.05) is 25.4 Å². The Morgan fingerprint density at radius 2 is 1.95 bits per heavy atom. The summed E-state index contributed by atoms with van der Waals surface area (Å²) in [6, 6.07) is 0.417. The van der Waals surface area contributed by atoms with Crippen LogP contribution in [0.15, 0.2) is 4.99 Å². The molecule has 112 valence electrons. The Kier molecular flexibility index (Phi) is 4.83. The lowest BCUT2D eigenvalue weighted by Crippen LogP contribution is -2.55. The normalized spacial score (nSPS) is 24.7. The summed E-state index contributed by atoms with van der Waals surface area (Å²) in [6.45, 7) is 2.86. The number of aliphatic imine (C=N–C) groups is 1. The van der Waals surface area contributed by atoms with Crippen molar-refractivity contribution in [1.82, 2.24) is 15.3 Å². The van der Waals surface area contributed by atoms with Crippen LogP contribution in [0, 0.1) is 0 Å². The van der Waals surface area contributed by atoms with Gasteiger partial charge < -0.3 is 0 Å². The first-order chi connectivity index (χ1) is 9.84. The number of nitrogens with one attached hydrogen (secondary N) is 1. The van der Waals surface area contributed by atoms with E-state index in [-0.39, 0.29) is 6.03 Å². The molecule has 1 aliphatic carbocycles. The second-order valence-corrected chi connectivity index (χ2v) is 6.85. The van der Waals surface area contributed by atoms with Gasteiger partial charge >= 0.3 is 6.03 Å². The summed E-state index contributed by atoms with van der Waals surface area (Å²) < 4.78 is 0. The third-order valence-corrected chi connectivity index (χ3v) is 5.21.